The van der Waals surface area contributed by atoms with Gasteiger partial charge in [0.1, 0.15) is 29.8 Å². The molecule has 2 aliphatic carbocycles. The molecule has 1 spiro atoms. The average Bonchev–Trinajstić information content (AvgIpc) is 3.98. The van der Waals surface area contributed by atoms with Crippen LogP contribution in [0, 0.1) is 32.8 Å². The number of pyridine rings is 1. The highest BCUT2D eigenvalue weighted by Gasteiger charge is 2.50. The monoisotopic (exact) mass is 956 g/mol. The third-order valence-corrected chi connectivity index (χ3v) is 17.0. The number of H-pyrrole nitrogens is 1. The fraction of sp³-hybridized carbons (Fsp3) is 0.481. The first-order valence-electron chi connectivity index (χ1n) is 24.4. The summed E-state index contributed by atoms with van der Waals surface area (Å²) in [4.78, 5) is 37.8. The Hall–Kier alpha value is -6.22. The van der Waals surface area contributed by atoms with Gasteiger partial charge >= 0.3 is 0 Å². The maximum Gasteiger partial charge on any atom is 0.297 e. The van der Waals surface area contributed by atoms with E-state index in [1.165, 1.54) is 55.1 Å². The molecule has 0 radical (unpaired) electrons. The van der Waals surface area contributed by atoms with Crippen LogP contribution >= 0.6 is 0 Å². The highest BCUT2D eigenvalue weighted by atomic mass is 32.2. The summed E-state index contributed by atoms with van der Waals surface area (Å²) in [5, 5.41) is 36.3. The van der Waals surface area contributed by atoms with Gasteiger partial charge < -0.3 is 29.8 Å². The first-order chi connectivity index (χ1) is 33.1. The van der Waals surface area contributed by atoms with Crippen LogP contribution in [0.2, 0.25) is 0 Å². The number of hydrogen-bond donors (Lipinski definition) is 4. The van der Waals surface area contributed by atoms with E-state index in [1.807, 2.05) is 6.92 Å². The number of benzene rings is 3. The van der Waals surface area contributed by atoms with Crippen molar-refractivity contribution in [3.8, 4) is 23.3 Å². The number of hydrogen-bond acceptors (Lipinski definition) is 13. The molecule has 2 atom stereocenters. The summed E-state index contributed by atoms with van der Waals surface area (Å²) in [6.45, 7) is 9.28. The van der Waals surface area contributed by atoms with Gasteiger partial charge in [0.05, 0.1) is 38.8 Å². The van der Waals surface area contributed by atoms with Crippen LogP contribution in [-0.2, 0) is 10.0 Å². The van der Waals surface area contributed by atoms with E-state index in [0.717, 1.165) is 57.1 Å². The van der Waals surface area contributed by atoms with Crippen LogP contribution in [0.5, 0.6) is 17.2 Å². The molecule has 1 amide bonds. The van der Waals surface area contributed by atoms with E-state index in [9.17, 15) is 33.7 Å². The van der Waals surface area contributed by atoms with Gasteiger partial charge in [-0.3, -0.25) is 19.8 Å². The number of carbonyl (C=O) groups excluding carboxylic acids is 1. The summed E-state index contributed by atoms with van der Waals surface area (Å²) in [6, 6.07) is 20.6. The fourth-order valence-corrected chi connectivity index (χ4v) is 12.8. The lowest BCUT2D eigenvalue weighted by atomic mass is 9.59. The van der Waals surface area contributed by atoms with Gasteiger partial charge in [-0.2, -0.15) is 5.26 Å². The molecule has 10 rings (SSSR count). The lowest BCUT2D eigenvalue weighted by Crippen LogP contribution is -2.54. The summed E-state index contributed by atoms with van der Waals surface area (Å²) in [7, 11) is -4.70. The number of nitro groups is 1. The Kier molecular flexibility index (Phi) is 12.3. The predicted octanol–water partition coefficient (Wildman–Crippen LogP) is 9.47. The molecular formula is C52H60N8O8S. The first-order valence-corrected chi connectivity index (χ1v) is 25.9. The van der Waals surface area contributed by atoms with Gasteiger partial charge in [0.2, 0.25) is 0 Å². The Balaban J connectivity index is 0.860. The molecule has 17 heteroatoms. The molecule has 2 aromatic heterocycles. The summed E-state index contributed by atoms with van der Waals surface area (Å²) < 4.78 is 42.5. The molecule has 362 valence electrons. The molecular weight excluding hydrogens is 897 g/mol. The van der Waals surface area contributed by atoms with Gasteiger partial charge in [-0.25, -0.2) is 18.1 Å². The number of ether oxygens (including phenoxy) is 2. The highest BCUT2D eigenvalue weighted by Crippen LogP contribution is 2.54. The molecule has 3 aliphatic heterocycles. The van der Waals surface area contributed by atoms with E-state index in [-0.39, 0.29) is 46.6 Å². The van der Waals surface area contributed by atoms with Crippen LogP contribution in [0.1, 0.15) is 130 Å². The number of anilines is 2. The Morgan fingerprint density at radius 2 is 1.84 bits per heavy atom. The highest BCUT2D eigenvalue weighted by molar-refractivity contribution is 7.90. The largest absolute Gasteiger partial charge is 0.489 e. The van der Waals surface area contributed by atoms with Gasteiger partial charge in [-0.1, -0.05) is 38.1 Å². The van der Waals surface area contributed by atoms with Crippen LogP contribution in [0.15, 0.2) is 78.0 Å². The van der Waals surface area contributed by atoms with Crippen molar-refractivity contribution in [2.75, 3.05) is 36.5 Å². The number of nitriles is 1. The van der Waals surface area contributed by atoms with Crippen LogP contribution in [0.4, 0.5) is 17.1 Å². The number of nitro benzene ring substituents is 1. The third-order valence-electron chi connectivity index (χ3n) is 15.7. The minimum atomic E-state index is -4.70. The second-order valence-corrected chi connectivity index (χ2v) is 22.4. The fourth-order valence-electron chi connectivity index (χ4n) is 11.8. The molecule has 4 N–H and O–H groups in total. The maximum absolute atomic E-state index is 14.2. The Morgan fingerprint density at radius 3 is 2.58 bits per heavy atom. The number of aromatic amines is 1. The van der Waals surface area contributed by atoms with Crippen molar-refractivity contribution in [1.29, 1.82) is 5.26 Å². The normalized spacial score (nSPS) is 23.7. The molecule has 2 saturated heterocycles. The number of aliphatic hydroxyl groups is 1. The molecule has 0 bridgehead atoms. The SMILES string of the molecule is CC(C)c1ccccc1[C@H]1CCCN1C1CC2(CCN(c3ccc(C(=O)NS(=O)(=O)c4cc5c(c([N+](=O)[O-])c4)N[C@@H](CC4CCC(C)(O)CC4)CO5)c(Oc4cnc5[nH]cc(C#N)c5c4)c3)CC2)C1. The third kappa shape index (κ3) is 9.34. The van der Waals surface area contributed by atoms with Crippen LogP contribution < -0.4 is 24.4 Å². The minimum Gasteiger partial charge on any atom is -0.489 e. The number of nitrogens with one attached hydrogen (secondary N) is 3. The van der Waals surface area contributed by atoms with E-state index < -0.39 is 37.0 Å². The molecule has 3 aromatic carbocycles. The Labute approximate surface area is 402 Å². The van der Waals surface area contributed by atoms with E-state index in [0.29, 0.717) is 59.8 Å². The molecule has 0 unspecified atom stereocenters. The summed E-state index contributed by atoms with van der Waals surface area (Å²) in [5.41, 5.74) is 3.63. The topological polar surface area (TPSA) is 216 Å². The average molecular weight is 957 g/mol. The lowest BCUT2D eigenvalue weighted by Gasteiger charge is -2.56. The molecule has 4 fully saturated rings. The van der Waals surface area contributed by atoms with E-state index in [4.69, 9.17) is 9.47 Å². The number of carbonyl (C=O) groups is 1. The zero-order chi connectivity index (χ0) is 48.2. The number of sulfonamides is 1. The van der Waals surface area contributed by atoms with Crippen molar-refractivity contribution in [2.24, 2.45) is 11.3 Å². The quantitative estimate of drug-likeness (QED) is 0.0678. The number of nitrogens with zero attached hydrogens (tertiary/aromatic N) is 5. The molecule has 2 saturated carbocycles. The Bertz CT molecular complexity index is 2940. The molecule has 5 heterocycles. The first kappa shape index (κ1) is 46.5. The number of fused-ring (bicyclic) bond motifs is 2. The predicted molar refractivity (Wildman–Crippen MR) is 261 cm³/mol. The zero-order valence-electron chi connectivity index (χ0n) is 39.4. The second kappa shape index (κ2) is 18.3. The molecule has 5 aromatic rings. The summed E-state index contributed by atoms with van der Waals surface area (Å²) in [5.74, 6) is 0.0536. The smallest absolute Gasteiger partial charge is 0.297 e. The van der Waals surface area contributed by atoms with Crippen molar-refractivity contribution in [3.05, 3.63) is 105 Å². The van der Waals surface area contributed by atoms with E-state index >= 15 is 0 Å². The zero-order valence-corrected chi connectivity index (χ0v) is 40.2. The van der Waals surface area contributed by atoms with Crippen molar-refractivity contribution < 1.29 is 32.7 Å². The maximum atomic E-state index is 14.2. The van der Waals surface area contributed by atoms with Gasteiger partial charge in [0.15, 0.2) is 11.4 Å². The van der Waals surface area contributed by atoms with Gasteiger partial charge in [0.25, 0.3) is 21.6 Å². The number of aromatic nitrogens is 2. The van der Waals surface area contributed by atoms with Gasteiger partial charge in [0, 0.05) is 60.6 Å². The van der Waals surface area contributed by atoms with Crippen LogP contribution in [0.25, 0.3) is 11.0 Å². The van der Waals surface area contributed by atoms with Crippen molar-refractivity contribution in [3.63, 3.8) is 0 Å². The van der Waals surface area contributed by atoms with E-state index in [1.54, 1.807) is 24.4 Å². The van der Waals surface area contributed by atoms with Gasteiger partial charge in [-0.15, -0.1) is 0 Å². The standard InChI is InChI=1S/C52H60N8O8S/c1-32(2)40-7-4-5-8-41(40)44-9-6-18-59(44)37-26-52(27-37)16-19-58(20-17-52)36-10-11-42(46(22-36)68-38-23-43-34(28-53)29-54-49(43)55-30-38)50(61)57-69(65,66)39-24-45(60(63)64)48-47(25-39)67-31-35(56-48)21-33-12-14-51(3,62)15-13-33/h4-5,7-8,10-11,22-25,29-30,32-33,35,37,44,56,62H,6,9,12-21,26-27,31H2,1-3H3,(H,54,55)(H,57,61)/t33?,35-,44+,51?/m0/s1. The number of rotatable bonds is 12. The van der Waals surface area contributed by atoms with Crippen molar-refractivity contribution >= 4 is 44.0 Å². The van der Waals surface area contributed by atoms with Gasteiger partial charge in [-0.05, 0) is 131 Å². The molecule has 5 aliphatic rings. The van der Waals surface area contributed by atoms with Crippen molar-refractivity contribution in [2.45, 2.75) is 126 Å². The Morgan fingerprint density at radius 1 is 1.07 bits per heavy atom. The lowest BCUT2D eigenvalue weighted by molar-refractivity contribution is -0.384. The minimum absolute atomic E-state index is 0.00833. The number of piperidine rings is 1. The number of amides is 1. The molecule has 16 nitrogen and oxygen atoms in total. The number of likely N-dealkylation sites (tertiary alicyclic amines) is 1. The van der Waals surface area contributed by atoms with Crippen LogP contribution in [-0.4, -0.2) is 83.1 Å². The van der Waals surface area contributed by atoms with E-state index in [2.05, 4.69) is 74.0 Å². The molecule has 69 heavy (non-hydrogen) atoms. The van der Waals surface area contributed by atoms with Crippen molar-refractivity contribution in [1.82, 2.24) is 19.6 Å². The second-order valence-electron chi connectivity index (χ2n) is 20.7. The summed E-state index contributed by atoms with van der Waals surface area (Å²) in [6.07, 6.45) is 13.4. The van der Waals surface area contributed by atoms with Crippen LogP contribution in [0.3, 0.4) is 0 Å². The summed E-state index contributed by atoms with van der Waals surface area (Å²) >= 11 is 0.